The van der Waals surface area contributed by atoms with Crippen molar-refractivity contribution in [2.75, 3.05) is 18.0 Å². The monoisotopic (exact) mass is 367 g/mol. The maximum absolute atomic E-state index is 12.9. The van der Waals surface area contributed by atoms with E-state index in [0.717, 1.165) is 18.4 Å². The van der Waals surface area contributed by atoms with Gasteiger partial charge in [-0.15, -0.1) is 0 Å². The molecule has 140 valence electrons. The molecule has 3 N–H and O–H groups in total. The van der Waals surface area contributed by atoms with E-state index in [1.807, 2.05) is 20.8 Å². The SMILES string of the molecule is CC(=O)N1CCCc2ccc(S(=O)(=O)NC(C)(CN)CC(C)C)cc21. The van der Waals surface area contributed by atoms with Crippen LogP contribution in [0, 0.1) is 5.92 Å². The molecular formula is C18H29N3O3S. The Balaban J connectivity index is 2.37. The first-order valence-corrected chi connectivity index (χ1v) is 10.2. The van der Waals surface area contributed by atoms with Crippen LogP contribution in [-0.4, -0.2) is 33.0 Å². The summed E-state index contributed by atoms with van der Waals surface area (Å²) in [4.78, 5) is 13.7. The summed E-state index contributed by atoms with van der Waals surface area (Å²) in [7, 11) is -3.73. The highest BCUT2D eigenvalue weighted by Gasteiger charge is 2.31. The van der Waals surface area contributed by atoms with E-state index in [9.17, 15) is 13.2 Å². The van der Waals surface area contributed by atoms with Gasteiger partial charge in [-0.25, -0.2) is 13.1 Å². The van der Waals surface area contributed by atoms with Crippen LogP contribution in [0.4, 0.5) is 5.69 Å². The number of benzene rings is 1. The van der Waals surface area contributed by atoms with Gasteiger partial charge in [0.2, 0.25) is 15.9 Å². The van der Waals surface area contributed by atoms with Gasteiger partial charge in [0.05, 0.1) is 4.90 Å². The second kappa shape index (κ2) is 7.43. The molecule has 0 saturated heterocycles. The summed E-state index contributed by atoms with van der Waals surface area (Å²) in [6, 6.07) is 5.02. The minimum Gasteiger partial charge on any atom is -0.329 e. The Hall–Kier alpha value is -1.44. The second-order valence-electron chi connectivity index (χ2n) is 7.53. The predicted molar refractivity (Wildman–Crippen MR) is 100 cm³/mol. The normalized spacial score (nSPS) is 17.3. The first-order chi connectivity index (χ1) is 11.6. The summed E-state index contributed by atoms with van der Waals surface area (Å²) >= 11 is 0. The van der Waals surface area contributed by atoms with Crippen LogP contribution in [0.5, 0.6) is 0 Å². The zero-order valence-electron chi connectivity index (χ0n) is 15.5. The molecule has 25 heavy (non-hydrogen) atoms. The van der Waals surface area contributed by atoms with Crippen molar-refractivity contribution < 1.29 is 13.2 Å². The van der Waals surface area contributed by atoms with Gasteiger partial charge < -0.3 is 10.6 Å². The molecular weight excluding hydrogens is 338 g/mol. The van der Waals surface area contributed by atoms with Crippen LogP contribution in [0.15, 0.2) is 23.1 Å². The molecule has 1 atom stereocenters. The number of nitrogens with zero attached hydrogens (tertiary/aromatic N) is 1. The van der Waals surface area contributed by atoms with E-state index >= 15 is 0 Å². The molecule has 0 saturated carbocycles. The number of fused-ring (bicyclic) bond motifs is 1. The quantitative estimate of drug-likeness (QED) is 0.804. The van der Waals surface area contributed by atoms with Gasteiger partial charge in [-0.2, -0.15) is 0 Å². The van der Waals surface area contributed by atoms with Crippen molar-refractivity contribution >= 4 is 21.6 Å². The number of hydrogen-bond donors (Lipinski definition) is 2. The van der Waals surface area contributed by atoms with E-state index in [0.29, 0.717) is 24.6 Å². The Morgan fingerprint density at radius 2 is 2.08 bits per heavy atom. The highest BCUT2D eigenvalue weighted by Crippen LogP contribution is 2.30. The lowest BCUT2D eigenvalue weighted by Crippen LogP contribution is -2.52. The van der Waals surface area contributed by atoms with E-state index in [1.165, 1.54) is 6.92 Å². The smallest absolute Gasteiger partial charge is 0.241 e. The average Bonchev–Trinajstić information content (AvgIpc) is 2.52. The summed E-state index contributed by atoms with van der Waals surface area (Å²) < 4.78 is 28.5. The molecule has 0 aliphatic carbocycles. The fourth-order valence-electron chi connectivity index (χ4n) is 3.50. The summed E-state index contributed by atoms with van der Waals surface area (Å²) in [6.07, 6.45) is 2.38. The number of sulfonamides is 1. The molecule has 1 aliphatic heterocycles. The van der Waals surface area contributed by atoms with E-state index < -0.39 is 15.6 Å². The van der Waals surface area contributed by atoms with E-state index in [1.54, 1.807) is 23.1 Å². The molecule has 1 aromatic rings. The third kappa shape index (κ3) is 4.59. The molecule has 0 bridgehead atoms. The third-order valence-corrected chi connectivity index (χ3v) is 6.19. The van der Waals surface area contributed by atoms with Crippen molar-refractivity contribution in [3.8, 4) is 0 Å². The molecule has 6 nitrogen and oxygen atoms in total. The van der Waals surface area contributed by atoms with Gasteiger partial charge in [-0.3, -0.25) is 4.79 Å². The molecule has 2 rings (SSSR count). The van der Waals surface area contributed by atoms with Crippen LogP contribution in [0.3, 0.4) is 0 Å². The number of amides is 1. The number of nitrogens with one attached hydrogen (secondary N) is 1. The van der Waals surface area contributed by atoms with Crippen LogP contribution in [0.25, 0.3) is 0 Å². The van der Waals surface area contributed by atoms with Crippen LogP contribution in [-0.2, 0) is 21.2 Å². The Labute approximate surface area is 150 Å². The minimum atomic E-state index is -3.73. The lowest BCUT2D eigenvalue weighted by atomic mass is 9.92. The summed E-state index contributed by atoms with van der Waals surface area (Å²) in [5, 5.41) is 0. The van der Waals surface area contributed by atoms with Gasteiger partial charge in [0, 0.05) is 31.2 Å². The Kier molecular flexibility index (Phi) is 5.91. The van der Waals surface area contributed by atoms with Gasteiger partial charge in [0.25, 0.3) is 0 Å². The molecule has 0 fully saturated rings. The molecule has 1 unspecified atom stereocenters. The van der Waals surface area contributed by atoms with Gasteiger partial charge in [-0.1, -0.05) is 19.9 Å². The largest absolute Gasteiger partial charge is 0.329 e. The first kappa shape index (κ1) is 19.9. The second-order valence-corrected chi connectivity index (χ2v) is 9.22. The molecule has 0 aromatic heterocycles. The lowest BCUT2D eigenvalue weighted by molar-refractivity contribution is -0.116. The highest BCUT2D eigenvalue weighted by atomic mass is 32.2. The number of aryl methyl sites for hydroxylation is 1. The maximum Gasteiger partial charge on any atom is 0.241 e. The topological polar surface area (TPSA) is 92.5 Å². The molecule has 1 aliphatic rings. The van der Waals surface area contributed by atoms with Crippen molar-refractivity contribution in [3.05, 3.63) is 23.8 Å². The van der Waals surface area contributed by atoms with Crippen molar-refractivity contribution in [2.24, 2.45) is 11.7 Å². The van der Waals surface area contributed by atoms with Crippen molar-refractivity contribution in [1.29, 1.82) is 0 Å². The summed E-state index contributed by atoms with van der Waals surface area (Å²) in [6.45, 7) is 8.23. The summed E-state index contributed by atoms with van der Waals surface area (Å²) in [5.41, 5.74) is 6.83. The fraction of sp³-hybridized carbons (Fsp3) is 0.611. The average molecular weight is 368 g/mol. The Morgan fingerprint density at radius 3 is 2.64 bits per heavy atom. The van der Waals surface area contributed by atoms with Gasteiger partial charge in [-0.05, 0) is 49.8 Å². The van der Waals surface area contributed by atoms with Crippen LogP contribution < -0.4 is 15.4 Å². The number of anilines is 1. The van der Waals surface area contributed by atoms with Crippen LogP contribution in [0.1, 0.15) is 46.1 Å². The van der Waals surface area contributed by atoms with Crippen molar-refractivity contribution in [1.82, 2.24) is 4.72 Å². The standard InChI is InChI=1S/C18H29N3O3S/c1-13(2)11-18(4,12-19)20-25(23,24)16-8-7-15-6-5-9-21(14(3)22)17(15)10-16/h7-8,10,13,20H,5-6,9,11-12,19H2,1-4H3. The fourth-order valence-corrected chi connectivity index (χ4v) is 4.95. The molecule has 1 aromatic carbocycles. The lowest BCUT2D eigenvalue weighted by Gasteiger charge is -2.32. The maximum atomic E-state index is 12.9. The molecule has 1 heterocycles. The van der Waals surface area contributed by atoms with Crippen LogP contribution >= 0.6 is 0 Å². The predicted octanol–water partition coefficient (Wildman–Crippen LogP) is 2.03. The number of rotatable bonds is 6. The third-order valence-electron chi connectivity index (χ3n) is 4.56. The van der Waals surface area contributed by atoms with Crippen LogP contribution in [0.2, 0.25) is 0 Å². The van der Waals surface area contributed by atoms with Gasteiger partial charge in [0.15, 0.2) is 0 Å². The number of hydrogen-bond acceptors (Lipinski definition) is 4. The molecule has 0 radical (unpaired) electrons. The van der Waals surface area contributed by atoms with E-state index in [-0.39, 0.29) is 17.3 Å². The van der Waals surface area contributed by atoms with Gasteiger partial charge in [0.1, 0.15) is 0 Å². The Morgan fingerprint density at radius 1 is 1.40 bits per heavy atom. The van der Waals surface area contributed by atoms with Crippen molar-refractivity contribution in [2.45, 2.75) is 57.4 Å². The number of carbonyl (C=O) groups is 1. The molecule has 0 spiro atoms. The zero-order valence-corrected chi connectivity index (χ0v) is 16.3. The first-order valence-electron chi connectivity index (χ1n) is 8.73. The van der Waals surface area contributed by atoms with Gasteiger partial charge >= 0.3 is 0 Å². The minimum absolute atomic E-state index is 0.0740. The Bertz CT molecular complexity index is 746. The number of nitrogens with two attached hydrogens (primary N) is 1. The van der Waals surface area contributed by atoms with E-state index in [2.05, 4.69) is 4.72 Å². The zero-order chi connectivity index (χ0) is 18.8. The highest BCUT2D eigenvalue weighted by molar-refractivity contribution is 7.89. The summed E-state index contributed by atoms with van der Waals surface area (Å²) in [5.74, 6) is 0.239. The number of carbonyl (C=O) groups excluding carboxylic acids is 1. The molecule has 1 amide bonds. The van der Waals surface area contributed by atoms with Crippen molar-refractivity contribution in [3.63, 3.8) is 0 Å². The van der Waals surface area contributed by atoms with E-state index in [4.69, 9.17) is 5.73 Å². The molecule has 7 heteroatoms.